The molecule has 0 aromatic carbocycles. The number of carbonyl (C=O) groups excluding carboxylic acids is 1. The maximum atomic E-state index is 11.9. The van der Waals surface area contributed by atoms with Gasteiger partial charge in [0.25, 0.3) is 8.32 Å². The Kier molecular flexibility index (Phi) is 3.98. The van der Waals surface area contributed by atoms with Crippen LogP contribution >= 0.6 is 0 Å². The second kappa shape index (κ2) is 4.70. The van der Waals surface area contributed by atoms with Crippen LogP contribution in [0.4, 0.5) is 0 Å². The van der Waals surface area contributed by atoms with E-state index in [-0.39, 0.29) is 11.0 Å². The van der Waals surface area contributed by atoms with Gasteiger partial charge in [-0.2, -0.15) is 0 Å². The van der Waals surface area contributed by atoms with E-state index in [4.69, 9.17) is 13.9 Å². The van der Waals surface area contributed by atoms with Crippen molar-refractivity contribution in [2.24, 2.45) is 0 Å². The Morgan fingerprint density at radius 2 is 1.94 bits per heavy atom. The number of rotatable bonds is 2. The van der Waals surface area contributed by atoms with E-state index >= 15 is 0 Å². The van der Waals surface area contributed by atoms with E-state index in [9.17, 15) is 4.79 Å². The first-order valence-corrected chi connectivity index (χ1v) is 9.10. The molecular formula is C13H24O4Si. The van der Waals surface area contributed by atoms with Crippen LogP contribution in [0, 0.1) is 0 Å². The van der Waals surface area contributed by atoms with Crippen molar-refractivity contribution in [2.75, 3.05) is 6.61 Å². The van der Waals surface area contributed by atoms with Crippen LogP contribution in [0.25, 0.3) is 0 Å². The zero-order valence-electron chi connectivity index (χ0n) is 12.4. The molecule has 1 aliphatic rings. The van der Waals surface area contributed by atoms with Crippen LogP contribution in [-0.2, 0) is 18.7 Å². The van der Waals surface area contributed by atoms with Crippen LogP contribution in [0.3, 0.4) is 0 Å². The Labute approximate surface area is 110 Å². The highest BCUT2D eigenvalue weighted by atomic mass is 28.4. The first-order chi connectivity index (χ1) is 7.93. The molecule has 0 aliphatic carbocycles. The molecule has 0 unspecified atom stereocenters. The highest BCUT2D eigenvalue weighted by Crippen LogP contribution is 2.36. The lowest BCUT2D eigenvalue weighted by atomic mass is 10.2. The predicted molar refractivity (Wildman–Crippen MR) is 72.5 cm³/mol. The quantitative estimate of drug-likeness (QED) is 0.572. The lowest BCUT2D eigenvalue weighted by Crippen LogP contribution is -2.42. The predicted octanol–water partition coefficient (Wildman–Crippen LogP) is 3.20. The average molecular weight is 272 g/mol. The summed E-state index contributed by atoms with van der Waals surface area (Å²) in [5, 5.41) is 0.00741. The molecule has 0 spiro atoms. The van der Waals surface area contributed by atoms with Gasteiger partial charge >= 0.3 is 5.97 Å². The largest absolute Gasteiger partial charge is 0.516 e. The minimum absolute atomic E-state index is 0.00741. The molecule has 1 aliphatic heterocycles. The normalized spacial score (nSPS) is 21.8. The minimum atomic E-state index is -2.07. The van der Waals surface area contributed by atoms with Gasteiger partial charge in [0.05, 0.1) is 6.08 Å². The van der Waals surface area contributed by atoms with Crippen molar-refractivity contribution in [2.45, 2.75) is 58.5 Å². The van der Waals surface area contributed by atoms with Crippen LogP contribution in [0.5, 0.6) is 0 Å². The summed E-state index contributed by atoms with van der Waals surface area (Å²) in [6.45, 7) is 14.3. The fraction of sp³-hybridized carbons (Fsp3) is 0.769. The van der Waals surface area contributed by atoms with Gasteiger partial charge < -0.3 is 13.9 Å². The number of ether oxygens (including phenoxy) is 2. The SMILES string of the molecule is CC1(C)OCC(=CC(=O)O[Si](C)(C)C(C)(C)C)O1. The summed E-state index contributed by atoms with van der Waals surface area (Å²) in [6, 6.07) is 0. The van der Waals surface area contributed by atoms with Crippen molar-refractivity contribution in [3.05, 3.63) is 11.8 Å². The molecule has 1 rings (SSSR count). The molecule has 0 atom stereocenters. The van der Waals surface area contributed by atoms with Gasteiger partial charge in [0.15, 0.2) is 0 Å². The van der Waals surface area contributed by atoms with Crippen molar-refractivity contribution in [1.29, 1.82) is 0 Å². The van der Waals surface area contributed by atoms with Gasteiger partial charge in [0, 0.05) is 13.8 Å². The third-order valence-electron chi connectivity index (χ3n) is 3.38. The zero-order chi connectivity index (χ0) is 14.2. The minimum Gasteiger partial charge on any atom is -0.516 e. The summed E-state index contributed by atoms with van der Waals surface area (Å²) >= 11 is 0. The van der Waals surface area contributed by atoms with Crippen LogP contribution in [0.15, 0.2) is 11.8 Å². The molecule has 18 heavy (non-hydrogen) atoms. The molecule has 0 amide bonds. The van der Waals surface area contributed by atoms with Gasteiger partial charge in [-0.1, -0.05) is 20.8 Å². The second-order valence-electron chi connectivity index (χ2n) is 6.58. The van der Waals surface area contributed by atoms with Crippen molar-refractivity contribution in [1.82, 2.24) is 0 Å². The fourth-order valence-corrected chi connectivity index (χ4v) is 2.12. The second-order valence-corrected chi connectivity index (χ2v) is 11.3. The van der Waals surface area contributed by atoms with Gasteiger partial charge in [0.2, 0.25) is 5.79 Å². The summed E-state index contributed by atoms with van der Waals surface area (Å²) in [6.07, 6.45) is 1.40. The number of hydrogen-bond acceptors (Lipinski definition) is 4. The van der Waals surface area contributed by atoms with Gasteiger partial charge in [-0.05, 0) is 18.1 Å². The molecule has 0 N–H and O–H groups in total. The Morgan fingerprint density at radius 1 is 1.39 bits per heavy atom. The Bertz CT molecular complexity index is 364. The summed E-state index contributed by atoms with van der Waals surface area (Å²) in [4.78, 5) is 11.9. The smallest absolute Gasteiger partial charge is 0.320 e. The van der Waals surface area contributed by atoms with Crippen LogP contribution in [-0.4, -0.2) is 26.7 Å². The van der Waals surface area contributed by atoms with E-state index in [1.807, 2.05) is 26.9 Å². The third kappa shape index (κ3) is 3.85. The lowest BCUT2D eigenvalue weighted by Gasteiger charge is -2.35. The first kappa shape index (κ1) is 15.2. The van der Waals surface area contributed by atoms with E-state index in [0.29, 0.717) is 12.4 Å². The van der Waals surface area contributed by atoms with E-state index < -0.39 is 14.1 Å². The van der Waals surface area contributed by atoms with E-state index in [2.05, 4.69) is 20.8 Å². The summed E-state index contributed by atoms with van der Waals surface area (Å²) in [5.74, 6) is -0.454. The van der Waals surface area contributed by atoms with Gasteiger partial charge in [-0.25, -0.2) is 4.79 Å². The maximum absolute atomic E-state index is 11.9. The molecule has 0 aromatic rings. The van der Waals surface area contributed by atoms with Crippen molar-refractivity contribution in [3.63, 3.8) is 0 Å². The fourth-order valence-electron chi connectivity index (χ4n) is 1.26. The van der Waals surface area contributed by atoms with Crippen molar-refractivity contribution < 1.29 is 18.7 Å². The van der Waals surface area contributed by atoms with Crippen LogP contribution in [0.1, 0.15) is 34.6 Å². The van der Waals surface area contributed by atoms with E-state index in [0.717, 1.165) is 0 Å². The number of hydrogen-bond donors (Lipinski definition) is 0. The highest BCUT2D eigenvalue weighted by Gasteiger charge is 2.40. The lowest BCUT2D eigenvalue weighted by molar-refractivity contribution is -0.130. The molecule has 0 saturated carbocycles. The molecule has 104 valence electrons. The Morgan fingerprint density at radius 3 is 2.33 bits per heavy atom. The first-order valence-electron chi connectivity index (χ1n) is 6.19. The molecule has 4 nitrogen and oxygen atoms in total. The Balaban J connectivity index is 2.66. The third-order valence-corrected chi connectivity index (χ3v) is 7.70. The van der Waals surface area contributed by atoms with Crippen molar-refractivity contribution in [3.8, 4) is 0 Å². The zero-order valence-corrected chi connectivity index (χ0v) is 13.4. The summed E-state index contributed by atoms with van der Waals surface area (Å²) < 4.78 is 16.5. The molecule has 1 saturated heterocycles. The average Bonchev–Trinajstić information content (AvgIpc) is 2.41. The molecule has 0 bridgehead atoms. The highest BCUT2D eigenvalue weighted by molar-refractivity contribution is 6.75. The molecule has 1 fully saturated rings. The Hall–Kier alpha value is -0.813. The van der Waals surface area contributed by atoms with Gasteiger partial charge in [-0.3, -0.25) is 0 Å². The van der Waals surface area contributed by atoms with Gasteiger partial charge in [-0.15, -0.1) is 0 Å². The molecule has 1 heterocycles. The number of carbonyl (C=O) groups is 1. The van der Waals surface area contributed by atoms with Gasteiger partial charge in [0.1, 0.15) is 12.4 Å². The standard InChI is InChI=1S/C13H24O4Si/c1-12(2,3)18(6,7)17-11(14)8-10-9-15-13(4,5)16-10/h8H,9H2,1-7H3. The summed E-state index contributed by atoms with van der Waals surface area (Å²) in [7, 11) is -2.07. The topological polar surface area (TPSA) is 44.8 Å². The summed E-state index contributed by atoms with van der Waals surface area (Å²) in [5.41, 5.74) is 0. The van der Waals surface area contributed by atoms with Crippen LogP contribution in [0.2, 0.25) is 18.1 Å². The van der Waals surface area contributed by atoms with E-state index in [1.54, 1.807) is 0 Å². The molecular weight excluding hydrogens is 248 g/mol. The van der Waals surface area contributed by atoms with Crippen molar-refractivity contribution >= 4 is 14.3 Å². The molecule has 0 radical (unpaired) electrons. The monoisotopic (exact) mass is 272 g/mol. The maximum Gasteiger partial charge on any atom is 0.320 e. The molecule has 5 heteroatoms. The molecule has 0 aromatic heterocycles. The van der Waals surface area contributed by atoms with E-state index in [1.165, 1.54) is 6.08 Å². The van der Waals surface area contributed by atoms with Crippen LogP contribution < -0.4 is 0 Å².